The largest absolute Gasteiger partial charge is 0.361 e. The standard InChI is InChI=1S/C20H19Cl2N3O2/c1-2-17(26)24-10-12-7-8-16(25-18(27)9-21)19(20(12)22)14-11-23-15-6-4-3-5-13(14)15/h3-8,11,23H,2,9-10H2,1H3,(H,24,26)(H,25,27). The van der Waals surface area contributed by atoms with E-state index < -0.39 is 0 Å². The SMILES string of the molecule is CCC(=O)NCc1ccc(NC(=O)CCl)c(-c2c[nH]c3ccccc23)c1Cl. The zero-order chi connectivity index (χ0) is 19.4. The second-order valence-electron chi connectivity index (χ2n) is 6.02. The van der Waals surface area contributed by atoms with Crippen LogP contribution in [-0.2, 0) is 16.1 Å². The van der Waals surface area contributed by atoms with Crippen molar-refractivity contribution in [3.8, 4) is 11.1 Å². The summed E-state index contributed by atoms with van der Waals surface area (Å²) in [6, 6.07) is 11.4. The summed E-state index contributed by atoms with van der Waals surface area (Å²) < 4.78 is 0. The molecular formula is C20H19Cl2N3O2. The first kappa shape index (κ1) is 19.3. The maximum atomic E-state index is 11.9. The van der Waals surface area contributed by atoms with E-state index in [1.54, 1.807) is 19.1 Å². The molecule has 0 radical (unpaired) electrons. The van der Waals surface area contributed by atoms with Gasteiger partial charge in [0.2, 0.25) is 11.8 Å². The lowest BCUT2D eigenvalue weighted by atomic mass is 9.99. The molecule has 0 unspecified atom stereocenters. The van der Waals surface area contributed by atoms with E-state index in [1.807, 2.05) is 30.5 Å². The van der Waals surface area contributed by atoms with Gasteiger partial charge in [-0.15, -0.1) is 11.6 Å². The van der Waals surface area contributed by atoms with Gasteiger partial charge in [-0.3, -0.25) is 9.59 Å². The third-order valence-corrected chi connectivity index (χ3v) is 4.95. The van der Waals surface area contributed by atoms with Crippen molar-refractivity contribution in [3.63, 3.8) is 0 Å². The van der Waals surface area contributed by atoms with Crippen molar-refractivity contribution in [3.05, 3.63) is 53.2 Å². The number of anilines is 1. The van der Waals surface area contributed by atoms with Crippen LogP contribution in [0.1, 0.15) is 18.9 Å². The van der Waals surface area contributed by atoms with E-state index in [0.29, 0.717) is 29.2 Å². The lowest BCUT2D eigenvalue weighted by molar-refractivity contribution is -0.121. The Hall–Kier alpha value is -2.50. The molecule has 2 amide bonds. The first-order valence-corrected chi connectivity index (χ1v) is 9.46. The fourth-order valence-electron chi connectivity index (χ4n) is 2.90. The Morgan fingerprint density at radius 2 is 1.89 bits per heavy atom. The number of rotatable bonds is 6. The molecule has 2 aromatic carbocycles. The molecule has 1 aromatic heterocycles. The fraction of sp³-hybridized carbons (Fsp3) is 0.200. The normalized spacial score (nSPS) is 10.8. The van der Waals surface area contributed by atoms with E-state index in [9.17, 15) is 9.59 Å². The Balaban J connectivity index is 2.12. The molecule has 7 heteroatoms. The van der Waals surface area contributed by atoms with Crippen molar-refractivity contribution in [2.45, 2.75) is 19.9 Å². The van der Waals surface area contributed by atoms with E-state index in [1.165, 1.54) is 0 Å². The van der Waals surface area contributed by atoms with Crippen LogP contribution in [0.5, 0.6) is 0 Å². The van der Waals surface area contributed by atoms with Gasteiger partial charge in [0.25, 0.3) is 0 Å². The van der Waals surface area contributed by atoms with Crippen molar-refractivity contribution in [2.24, 2.45) is 0 Å². The number of hydrogen-bond acceptors (Lipinski definition) is 2. The molecule has 0 bridgehead atoms. The molecule has 3 aromatic rings. The first-order chi connectivity index (χ1) is 13.0. The quantitative estimate of drug-likeness (QED) is 0.522. The van der Waals surface area contributed by atoms with E-state index >= 15 is 0 Å². The molecule has 1 heterocycles. The zero-order valence-electron chi connectivity index (χ0n) is 14.7. The van der Waals surface area contributed by atoms with Crippen LogP contribution in [0.2, 0.25) is 5.02 Å². The van der Waals surface area contributed by atoms with Crippen LogP contribution in [-0.4, -0.2) is 22.7 Å². The number of fused-ring (bicyclic) bond motifs is 1. The summed E-state index contributed by atoms with van der Waals surface area (Å²) in [6.45, 7) is 2.10. The molecule has 0 aliphatic carbocycles. The highest BCUT2D eigenvalue weighted by Gasteiger charge is 2.18. The van der Waals surface area contributed by atoms with Crippen LogP contribution in [0.3, 0.4) is 0 Å². The minimum atomic E-state index is -0.319. The maximum Gasteiger partial charge on any atom is 0.239 e. The molecule has 3 rings (SSSR count). The summed E-state index contributed by atoms with van der Waals surface area (Å²) in [5.74, 6) is -0.528. The number of hydrogen-bond donors (Lipinski definition) is 3. The Morgan fingerprint density at radius 1 is 1.11 bits per heavy atom. The lowest BCUT2D eigenvalue weighted by Gasteiger charge is -2.16. The van der Waals surface area contributed by atoms with Crippen LogP contribution < -0.4 is 10.6 Å². The van der Waals surface area contributed by atoms with Gasteiger partial charge in [0.15, 0.2) is 0 Å². The van der Waals surface area contributed by atoms with Crippen molar-refractivity contribution in [2.75, 3.05) is 11.2 Å². The molecule has 0 spiro atoms. The summed E-state index contributed by atoms with van der Waals surface area (Å²) in [7, 11) is 0. The van der Waals surface area contributed by atoms with Gasteiger partial charge in [-0.1, -0.05) is 42.8 Å². The molecule has 0 aliphatic heterocycles. The summed E-state index contributed by atoms with van der Waals surface area (Å²) in [6.07, 6.45) is 2.26. The molecule has 27 heavy (non-hydrogen) atoms. The average molecular weight is 404 g/mol. The molecule has 0 saturated carbocycles. The van der Waals surface area contributed by atoms with Crippen molar-refractivity contribution in [1.29, 1.82) is 0 Å². The summed E-state index contributed by atoms with van der Waals surface area (Å²) in [5.41, 5.74) is 3.85. The van der Waals surface area contributed by atoms with Crippen LogP contribution >= 0.6 is 23.2 Å². The van der Waals surface area contributed by atoms with Gasteiger partial charge >= 0.3 is 0 Å². The lowest BCUT2D eigenvalue weighted by Crippen LogP contribution is -2.21. The van der Waals surface area contributed by atoms with E-state index in [-0.39, 0.29) is 17.7 Å². The monoisotopic (exact) mass is 403 g/mol. The Kier molecular flexibility index (Phi) is 6.04. The average Bonchev–Trinajstić information content (AvgIpc) is 3.11. The van der Waals surface area contributed by atoms with Crippen molar-refractivity contribution >= 4 is 51.6 Å². The number of carbonyl (C=O) groups excluding carboxylic acids is 2. The van der Waals surface area contributed by atoms with Crippen LogP contribution in [0.4, 0.5) is 5.69 Å². The zero-order valence-corrected chi connectivity index (χ0v) is 16.2. The minimum absolute atomic E-state index is 0.0563. The number of alkyl halides is 1. The smallest absolute Gasteiger partial charge is 0.239 e. The molecule has 0 aliphatic rings. The second kappa shape index (κ2) is 8.46. The van der Waals surface area contributed by atoms with Gasteiger partial charge in [-0.2, -0.15) is 0 Å². The summed E-state index contributed by atoms with van der Waals surface area (Å²) in [5, 5.41) is 7.09. The summed E-state index contributed by atoms with van der Waals surface area (Å²) in [4.78, 5) is 26.7. The number of halogens is 2. The van der Waals surface area contributed by atoms with Gasteiger partial charge < -0.3 is 15.6 Å². The highest BCUT2D eigenvalue weighted by molar-refractivity contribution is 6.36. The van der Waals surface area contributed by atoms with Crippen molar-refractivity contribution < 1.29 is 9.59 Å². The van der Waals surface area contributed by atoms with Gasteiger partial charge in [0.1, 0.15) is 5.88 Å². The molecule has 5 nitrogen and oxygen atoms in total. The molecule has 0 atom stereocenters. The van der Waals surface area contributed by atoms with E-state index in [2.05, 4.69) is 15.6 Å². The molecule has 3 N–H and O–H groups in total. The molecule has 140 valence electrons. The molecule has 0 saturated heterocycles. The Morgan fingerprint density at radius 3 is 2.63 bits per heavy atom. The Bertz CT molecular complexity index is 998. The Labute approximate surface area is 167 Å². The summed E-state index contributed by atoms with van der Waals surface area (Å²) >= 11 is 12.4. The first-order valence-electron chi connectivity index (χ1n) is 8.55. The topological polar surface area (TPSA) is 74.0 Å². The van der Waals surface area contributed by atoms with Gasteiger partial charge in [0, 0.05) is 41.2 Å². The van der Waals surface area contributed by atoms with E-state index in [4.69, 9.17) is 23.2 Å². The third kappa shape index (κ3) is 4.10. The molecule has 0 fully saturated rings. The predicted octanol–water partition coefficient (Wildman–Crippen LogP) is 4.69. The van der Waals surface area contributed by atoms with E-state index in [0.717, 1.165) is 22.0 Å². The number of aromatic amines is 1. The highest BCUT2D eigenvalue weighted by Crippen LogP contribution is 2.40. The van der Waals surface area contributed by atoms with Crippen LogP contribution in [0, 0.1) is 0 Å². The third-order valence-electron chi connectivity index (χ3n) is 4.27. The number of benzene rings is 2. The number of para-hydroxylation sites is 1. The second-order valence-corrected chi connectivity index (χ2v) is 6.67. The number of carbonyl (C=O) groups is 2. The number of aromatic nitrogens is 1. The van der Waals surface area contributed by atoms with Crippen molar-refractivity contribution in [1.82, 2.24) is 10.3 Å². The highest BCUT2D eigenvalue weighted by atomic mass is 35.5. The molecular weight excluding hydrogens is 385 g/mol. The predicted molar refractivity (Wildman–Crippen MR) is 110 cm³/mol. The van der Waals surface area contributed by atoms with Crippen LogP contribution in [0.25, 0.3) is 22.0 Å². The van der Waals surface area contributed by atoms with Gasteiger partial charge in [-0.05, 0) is 17.7 Å². The number of H-pyrrole nitrogens is 1. The van der Waals surface area contributed by atoms with Crippen LogP contribution in [0.15, 0.2) is 42.6 Å². The fourth-order valence-corrected chi connectivity index (χ4v) is 3.30. The number of amides is 2. The van der Waals surface area contributed by atoms with Gasteiger partial charge in [-0.25, -0.2) is 0 Å². The maximum absolute atomic E-state index is 11.9. The number of nitrogens with one attached hydrogen (secondary N) is 3. The minimum Gasteiger partial charge on any atom is -0.361 e. The van der Waals surface area contributed by atoms with Gasteiger partial charge in [0.05, 0.1) is 10.7 Å².